The maximum Gasteiger partial charge on any atom is 0.276 e. The number of carbonyl (C=O) groups is 2. The number of rotatable bonds is 6. The molecule has 1 atom stereocenters. The SMILES string of the molecule is CCCC[C@H]1CN(c2ccccc2OC)C(=O)CN1C(=O)c1ncoc1C. The average molecular weight is 371 g/mol. The van der Waals surface area contributed by atoms with Gasteiger partial charge in [0.05, 0.1) is 18.8 Å². The first-order valence-corrected chi connectivity index (χ1v) is 9.21. The second-order valence-electron chi connectivity index (χ2n) is 6.66. The second kappa shape index (κ2) is 8.24. The van der Waals surface area contributed by atoms with Gasteiger partial charge in [-0.25, -0.2) is 4.98 Å². The zero-order valence-corrected chi connectivity index (χ0v) is 16.0. The van der Waals surface area contributed by atoms with Crippen molar-refractivity contribution in [2.45, 2.75) is 39.2 Å². The molecule has 0 spiro atoms. The molecular weight excluding hydrogens is 346 g/mol. The Hall–Kier alpha value is -2.83. The number of unbranched alkanes of at least 4 members (excludes halogenated alkanes) is 1. The Kier molecular flexibility index (Phi) is 5.78. The summed E-state index contributed by atoms with van der Waals surface area (Å²) in [5.74, 6) is 0.721. The summed E-state index contributed by atoms with van der Waals surface area (Å²) in [7, 11) is 1.59. The Bertz CT molecular complexity index is 817. The van der Waals surface area contributed by atoms with E-state index in [-0.39, 0.29) is 30.1 Å². The first-order chi connectivity index (χ1) is 13.1. The molecule has 1 fully saturated rings. The average Bonchev–Trinajstić information content (AvgIpc) is 3.12. The van der Waals surface area contributed by atoms with Crippen LogP contribution in [0.4, 0.5) is 5.69 Å². The van der Waals surface area contributed by atoms with Crippen molar-refractivity contribution < 1.29 is 18.7 Å². The number of amides is 2. The van der Waals surface area contributed by atoms with Gasteiger partial charge in [0.1, 0.15) is 18.1 Å². The van der Waals surface area contributed by atoms with Crippen molar-refractivity contribution >= 4 is 17.5 Å². The highest BCUT2D eigenvalue weighted by atomic mass is 16.5. The van der Waals surface area contributed by atoms with Crippen LogP contribution in [0.15, 0.2) is 35.1 Å². The van der Waals surface area contributed by atoms with Crippen LogP contribution in [-0.4, -0.2) is 47.9 Å². The number of carbonyl (C=O) groups excluding carboxylic acids is 2. The van der Waals surface area contributed by atoms with Gasteiger partial charge < -0.3 is 19.0 Å². The van der Waals surface area contributed by atoms with Crippen LogP contribution in [0.1, 0.15) is 42.4 Å². The maximum absolute atomic E-state index is 13.0. The Labute approximate surface area is 158 Å². The first-order valence-electron chi connectivity index (χ1n) is 9.21. The monoisotopic (exact) mass is 371 g/mol. The number of hydrogen-bond donors (Lipinski definition) is 0. The summed E-state index contributed by atoms with van der Waals surface area (Å²) in [6.45, 7) is 4.26. The maximum atomic E-state index is 13.0. The zero-order chi connectivity index (χ0) is 19.4. The second-order valence-corrected chi connectivity index (χ2v) is 6.66. The number of aromatic nitrogens is 1. The highest BCUT2D eigenvalue weighted by molar-refractivity contribution is 6.02. The number of nitrogens with zero attached hydrogens (tertiary/aromatic N) is 3. The third-order valence-corrected chi connectivity index (χ3v) is 4.92. The molecule has 1 aromatic carbocycles. The Morgan fingerprint density at radius 1 is 1.37 bits per heavy atom. The highest BCUT2D eigenvalue weighted by Gasteiger charge is 2.37. The lowest BCUT2D eigenvalue weighted by Gasteiger charge is -2.41. The number of oxazole rings is 1. The van der Waals surface area contributed by atoms with Crippen LogP contribution in [-0.2, 0) is 4.79 Å². The summed E-state index contributed by atoms with van der Waals surface area (Å²) in [6, 6.07) is 7.36. The molecule has 1 aromatic heterocycles. The van der Waals surface area contributed by atoms with Crippen LogP contribution >= 0.6 is 0 Å². The van der Waals surface area contributed by atoms with Gasteiger partial charge in [0.25, 0.3) is 5.91 Å². The van der Waals surface area contributed by atoms with Crippen LogP contribution in [0.25, 0.3) is 0 Å². The van der Waals surface area contributed by atoms with Gasteiger partial charge in [-0.05, 0) is 25.5 Å². The molecule has 7 heteroatoms. The fourth-order valence-corrected chi connectivity index (χ4v) is 3.43. The van der Waals surface area contributed by atoms with E-state index in [1.807, 2.05) is 24.3 Å². The predicted molar refractivity (Wildman–Crippen MR) is 101 cm³/mol. The van der Waals surface area contributed by atoms with Gasteiger partial charge in [0.15, 0.2) is 12.1 Å². The topological polar surface area (TPSA) is 75.9 Å². The third-order valence-electron chi connectivity index (χ3n) is 4.92. The fourth-order valence-electron chi connectivity index (χ4n) is 3.43. The number of para-hydroxylation sites is 2. The molecule has 2 heterocycles. The van der Waals surface area contributed by atoms with Crippen molar-refractivity contribution in [2.75, 3.05) is 25.1 Å². The summed E-state index contributed by atoms with van der Waals surface area (Å²) >= 11 is 0. The van der Waals surface area contributed by atoms with E-state index in [9.17, 15) is 9.59 Å². The summed E-state index contributed by atoms with van der Waals surface area (Å²) in [6.07, 6.45) is 4.07. The minimum absolute atomic E-state index is 0.0115. The molecule has 144 valence electrons. The van der Waals surface area contributed by atoms with Crippen LogP contribution in [0.2, 0.25) is 0 Å². The first kappa shape index (κ1) is 18.9. The molecule has 0 aliphatic carbocycles. The van der Waals surface area contributed by atoms with Crippen LogP contribution in [0, 0.1) is 6.92 Å². The van der Waals surface area contributed by atoms with E-state index in [0.29, 0.717) is 18.1 Å². The summed E-state index contributed by atoms with van der Waals surface area (Å²) in [5.41, 5.74) is 1.01. The minimum Gasteiger partial charge on any atom is -0.495 e. The lowest BCUT2D eigenvalue weighted by Crippen LogP contribution is -2.58. The molecule has 0 bridgehead atoms. The van der Waals surface area contributed by atoms with Crippen LogP contribution in [0.3, 0.4) is 0 Å². The lowest BCUT2D eigenvalue weighted by molar-refractivity contribution is -0.121. The number of methoxy groups -OCH3 is 1. The molecule has 1 saturated heterocycles. The van der Waals surface area contributed by atoms with Gasteiger partial charge in [-0.15, -0.1) is 0 Å². The number of ether oxygens (including phenoxy) is 1. The van der Waals surface area contributed by atoms with Crippen LogP contribution < -0.4 is 9.64 Å². The van der Waals surface area contributed by atoms with Crippen LogP contribution in [0.5, 0.6) is 5.75 Å². The van der Waals surface area contributed by atoms with Crippen molar-refractivity contribution in [2.24, 2.45) is 0 Å². The van der Waals surface area contributed by atoms with E-state index in [0.717, 1.165) is 24.9 Å². The summed E-state index contributed by atoms with van der Waals surface area (Å²) in [5, 5.41) is 0. The number of aryl methyl sites for hydroxylation is 1. The molecule has 0 N–H and O–H groups in total. The van der Waals surface area contributed by atoms with Gasteiger partial charge in [-0.1, -0.05) is 31.9 Å². The van der Waals surface area contributed by atoms with Gasteiger partial charge >= 0.3 is 0 Å². The molecule has 3 rings (SSSR count). The third kappa shape index (κ3) is 3.82. The highest BCUT2D eigenvalue weighted by Crippen LogP contribution is 2.31. The van der Waals surface area contributed by atoms with Gasteiger partial charge in [-0.3, -0.25) is 9.59 Å². The van der Waals surface area contributed by atoms with E-state index >= 15 is 0 Å². The number of hydrogen-bond acceptors (Lipinski definition) is 5. The molecule has 2 aromatic rings. The van der Waals surface area contributed by atoms with Crippen molar-refractivity contribution in [1.82, 2.24) is 9.88 Å². The largest absolute Gasteiger partial charge is 0.495 e. The molecule has 1 aliphatic rings. The van der Waals surface area contributed by atoms with Crippen molar-refractivity contribution in [3.8, 4) is 5.75 Å². The van der Waals surface area contributed by atoms with Gasteiger partial charge in [0.2, 0.25) is 5.91 Å². The lowest BCUT2D eigenvalue weighted by atomic mass is 10.0. The van der Waals surface area contributed by atoms with E-state index in [1.165, 1.54) is 6.39 Å². The molecule has 0 saturated carbocycles. The van der Waals surface area contributed by atoms with Crippen molar-refractivity contribution in [1.29, 1.82) is 0 Å². The van der Waals surface area contributed by atoms with E-state index in [2.05, 4.69) is 11.9 Å². The molecule has 0 unspecified atom stereocenters. The molecule has 0 radical (unpaired) electrons. The fraction of sp³-hybridized carbons (Fsp3) is 0.450. The normalized spacial score (nSPS) is 17.3. The van der Waals surface area contributed by atoms with Crippen molar-refractivity contribution in [3.05, 3.63) is 42.1 Å². The smallest absolute Gasteiger partial charge is 0.276 e. The number of anilines is 1. The molecule has 1 aliphatic heterocycles. The Morgan fingerprint density at radius 2 is 2.15 bits per heavy atom. The Balaban J connectivity index is 1.89. The molecule has 2 amide bonds. The van der Waals surface area contributed by atoms with E-state index in [1.54, 1.807) is 23.8 Å². The molecule has 7 nitrogen and oxygen atoms in total. The number of piperazine rings is 1. The number of benzene rings is 1. The predicted octanol–water partition coefficient (Wildman–Crippen LogP) is 3.04. The quantitative estimate of drug-likeness (QED) is 0.780. The van der Waals surface area contributed by atoms with Gasteiger partial charge in [-0.2, -0.15) is 0 Å². The zero-order valence-electron chi connectivity index (χ0n) is 16.0. The van der Waals surface area contributed by atoms with Crippen molar-refractivity contribution in [3.63, 3.8) is 0 Å². The minimum atomic E-state index is -0.254. The standard InChI is InChI=1S/C20H25N3O4/c1-4-5-8-15-11-23(16-9-6-7-10-17(16)26-3)18(24)12-22(15)20(25)19-14(2)27-13-21-19/h6-7,9-10,13,15H,4-5,8,11-12H2,1-3H3/t15-/m0/s1. The molecular formula is C20H25N3O4. The molecule has 27 heavy (non-hydrogen) atoms. The van der Waals surface area contributed by atoms with E-state index in [4.69, 9.17) is 9.15 Å². The van der Waals surface area contributed by atoms with E-state index < -0.39 is 0 Å². The van der Waals surface area contributed by atoms with Gasteiger partial charge in [0, 0.05) is 6.54 Å². The summed E-state index contributed by atoms with van der Waals surface area (Å²) < 4.78 is 10.6. The Morgan fingerprint density at radius 3 is 2.81 bits per heavy atom. The summed E-state index contributed by atoms with van der Waals surface area (Å²) in [4.78, 5) is 33.2.